The number of nitro benzene ring substituents is 1. The molecule has 2 rings (SSSR count). The molecular formula is C9H4Cl3N3O2. The Labute approximate surface area is 110 Å². The molecule has 2 aromatic rings. The fourth-order valence-corrected chi connectivity index (χ4v) is 2.16. The molecule has 0 saturated heterocycles. The van der Waals surface area contributed by atoms with Gasteiger partial charge in [0.2, 0.25) is 0 Å². The smallest absolute Gasteiger partial charge is 0.276 e. The number of aromatic amines is 1. The third-order valence-corrected chi connectivity index (χ3v) is 2.87. The third-order valence-electron chi connectivity index (χ3n) is 2.07. The molecular weight excluding hydrogens is 288 g/mol. The van der Waals surface area contributed by atoms with E-state index in [0.717, 1.165) is 0 Å². The summed E-state index contributed by atoms with van der Waals surface area (Å²) in [6.07, 6.45) is 1.34. The van der Waals surface area contributed by atoms with Crippen LogP contribution in [-0.2, 0) is 0 Å². The van der Waals surface area contributed by atoms with E-state index in [0.29, 0.717) is 5.69 Å². The van der Waals surface area contributed by atoms with E-state index in [4.69, 9.17) is 34.8 Å². The van der Waals surface area contributed by atoms with E-state index in [1.165, 1.54) is 18.3 Å². The number of benzene rings is 1. The number of hydrogen-bond acceptors (Lipinski definition) is 3. The maximum Gasteiger partial charge on any atom is 0.297 e. The summed E-state index contributed by atoms with van der Waals surface area (Å²) in [6.45, 7) is 0. The van der Waals surface area contributed by atoms with Crippen molar-refractivity contribution in [1.29, 1.82) is 0 Å². The first kappa shape index (κ1) is 12.2. The largest absolute Gasteiger partial charge is 0.297 e. The van der Waals surface area contributed by atoms with Crippen molar-refractivity contribution in [2.24, 2.45) is 0 Å². The Morgan fingerprint density at radius 3 is 2.47 bits per heavy atom. The van der Waals surface area contributed by atoms with Crippen molar-refractivity contribution >= 4 is 40.5 Å². The van der Waals surface area contributed by atoms with Crippen molar-refractivity contribution in [3.8, 4) is 11.3 Å². The van der Waals surface area contributed by atoms with E-state index in [1.54, 1.807) is 0 Å². The van der Waals surface area contributed by atoms with E-state index in [-0.39, 0.29) is 26.3 Å². The summed E-state index contributed by atoms with van der Waals surface area (Å²) in [5.74, 6) is 0. The molecule has 0 unspecified atom stereocenters. The minimum Gasteiger partial charge on any atom is -0.276 e. The van der Waals surface area contributed by atoms with Gasteiger partial charge in [0.15, 0.2) is 0 Å². The predicted octanol–water partition coefficient (Wildman–Crippen LogP) is 3.95. The SMILES string of the molecule is O=[N+]([O-])c1c(Cl)cc(Cl)cc1-c1[nH]ncc1Cl. The normalized spacial score (nSPS) is 10.5. The predicted molar refractivity (Wildman–Crippen MR) is 65.7 cm³/mol. The van der Waals surface area contributed by atoms with Crippen LogP contribution in [0.2, 0.25) is 15.1 Å². The number of halogens is 3. The van der Waals surface area contributed by atoms with Gasteiger partial charge in [-0.15, -0.1) is 0 Å². The number of nitrogens with zero attached hydrogens (tertiary/aromatic N) is 2. The van der Waals surface area contributed by atoms with Gasteiger partial charge >= 0.3 is 0 Å². The van der Waals surface area contributed by atoms with Gasteiger partial charge in [-0.25, -0.2) is 0 Å². The number of rotatable bonds is 2. The zero-order valence-electron chi connectivity index (χ0n) is 8.08. The number of H-pyrrole nitrogens is 1. The lowest BCUT2D eigenvalue weighted by molar-refractivity contribution is -0.384. The molecule has 5 nitrogen and oxygen atoms in total. The van der Waals surface area contributed by atoms with Crippen LogP contribution >= 0.6 is 34.8 Å². The summed E-state index contributed by atoms with van der Waals surface area (Å²) >= 11 is 17.5. The molecule has 0 fully saturated rings. The fraction of sp³-hybridized carbons (Fsp3) is 0. The molecule has 0 bridgehead atoms. The van der Waals surface area contributed by atoms with Crippen LogP contribution < -0.4 is 0 Å². The van der Waals surface area contributed by atoms with Crippen LogP contribution in [-0.4, -0.2) is 15.1 Å². The summed E-state index contributed by atoms with van der Waals surface area (Å²) in [5, 5.41) is 17.7. The highest BCUT2D eigenvalue weighted by atomic mass is 35.5. The summed E-state index contributed by atoms with van der Waals surface area (Å²) in [7, 11) is 0. The molecule has 1 N–H and O–H groups in total. The van der Waals surface area contributed by atoms with E-state index >= 15 is 0 Å². The lowest BCUT2D eigenvalue weighted by atomic mass is 10.1. The van der Waals surface area contributed by atoms with Crippen molar-refractivity contribution in [3.63, 3.8) is 0 Å². The maximum atomic E-state index is 11.0. The van der Waals surface area contributed by atoms with Crippen molar-refractivity contribution in [2.45, 2.75) is 0 Å². The molecule has 88 valence electrons. The van der Waals surface area contributed by atoms with Crippen molar-refractivity contribution in [3.05, 3.63) is 43.5 Å². The van der Waals surface area contributed by atoms with Gasteiger partial charge in [0.1, 0.15) is 5.02 Å². The zero-order chi connectivity index (χ0) is 12.6. The second-order valence-electron chi connectivity index (χ2n) is 3.13. The summed E-state index contributed by atoms with van der Waals surface area (Å²) < 4.78 is 0. The van der Waals surface area contributed by atoms with Gasteiger partial charge < -0.3 is 0 Å². The second kappa shape index (κ2) is 4.52. The van der Waals surface area contributed by atoms with Crippen molar-refractivity contribution in [1.82, 2.24) is 10.2 Å². The highest BCUT2D eigenvalue weighted by molar-refractivity contribution is 6.37. The van der Waals surface area contributed by atoms with Crippen molar-refractivity contribution < 1.29 is 4.92 Å². The average Bonchev–Trinajstić information content (AvgIpc) is 2.62. The molecule has 0 radical (unpaired) electrons. The summed E-state index contributed by atoms with van der Waals surface area (Å²) in [6, 6.07) is 2.71. The second-order valence-corrected chi connectivity index (χ2v) is 4.38. The highest BCUT2D eigenvalue weighted by Crippen LogP contribution is 2.39. The fourth-order valence-electron chi connectivity index (χ4n) is 1.40. The van der Waals surface area contributed by atoms with Crippen molar-refractivity contribution in [2.75, 3.05) is 0 Å². The first-order valence-corrected chi connectivity index (χ1v) is 5.46. The summed E-state index contributed by atoms with van der Waals surface area (Å²) in [4.78, 5) is 10.4. The van der Waals surface area contributed by atoms with E-state index in [2.05, 4.69) is 10.2 Å². The lowest BCUT2D eigenvalue weighted by Gasteiger charge is -2.04. The monoisotopic (exact) mass is 291 g/mol. The van der Waals surface area contributed by atoms with Gasteiger partial charge in [0, 0.05) is 5.02 Å². The quantitative estimate of drug-likeness (QED) is 0.673. The molecule has 0 amide bonds. The average molecular weight is 293 g/mol. The minimum atomic E-state index is -0.592. The van der Waals surface area contributed by atoms with E-state index in [1.807, 2.05) is 0 Å². The van der Waals surface area contributed by atoms with Crippen LogP contribution in [0.4, 0.5) is 5.69 Å². The molecule has 8 heteroatoms. The number of hydrogen-bond donors (Lipinski definition) is 1. The Morgan fingerprint density at radius 2 is 1.94 bits per heavy atom. The molecule has 17 heavy (non-hydrogen) atoms. The lowest BCUT2D eigenvalue weighted by Crippen LogP contribution is -1.94. The van der Waals surface area contributed by atoms with E-state index < -0.39 is 4.92 Å². The van der Waals surface area contributed by atoms with Crippen LogP contribution in [0.5, 0.6) is 0 Å². The van der Waals surface area contributed by atoms with Gasteiger partial charge in [-0.2, -0.15) is 5.10 Å². The molecule has 1 aromatic heterocycles. The number of nitro groups is 1. The first-order valence-electron chi connectivity index (χ1n) is 4.33. The summed E-state index contributed by atoms with van der Waals surface area (Å²) in [5.41, 5.74) is 0.250. The molecule has 0 spiro atoms. The third kappa shape index (κ3) is 2.22. The minimum absolute atomic E-state index is 0.0526. The highest BCUT2D eigenvalue weighted by Gasteiger charge is 2.23. The van der Waals surface area contributed by atoms with Gasteiger partial charge in [-0.1, -0.05) is 34.8 Å². The number of nitrogens with one attached hydrogen (secondary N) is 1. The Bertz CT molecular complexity index is 597. The van der Waals surface area contributed by atoms with Crippen LogP contribution in [0.1, 0.15) is 0 Å². The molecule has 0 atom stereocenters. The molecule has 0 saturated carbocycles. The van der Waals surface area contributed by atoms with E-state index in [9.17, 15) is 10.1 Å². The van der Waals surface area contributed by atoms with Gasteiger partial charge in [0.25, 0.3) is 5.69 Å². The number of aromatic nitrogens is 2. The van der Waals surface area contributed by atoms with Crippen LogP contribution in [0, 0.1) is 10.1 Å². The van der Waals surface area contributed by atoms with Gasteiger partial charge in [-0.3, -0.25) is 15.2 Å². The Hall–Kier alpha value is -1.30. The van der Waals surface area contributed by atoms with Crippen LogP contribution in [0.25, 0.3) is 11.3 Å². The Morgan fingerprint density at radius 1 is 1.24 bits per heavy atom. The Balaban J connectivity index is 2.76. The Kier molecular flexibility index (Phi) is 3.24. The molecule has 0 aliphatic carbocycles. The molecule has 0 aliphatic rings. The topological polar surface area (TPSA) is 71.8 Å². The maximum absolute atomic E-state index is 11.0. The van der Waals surface area contributed by atoms with Gasteiger partial charge in [0.05, 0.1) is 27.4 Å². The zero-order valence-corrected chi connectivity index (χ0v) is 10.3. The van der Waals surface area contributed by atoms with Crippen LogP contribution in [0.3, 0.4) is 0 Å². The molecule has 1 heterocycles. The van der Waals surface area contributed by atoms with Crippen LogP contribution in [0.15, 0.2) is 18.3 Å². The standard InChI is InChI=1S/C9H4Cl3N3O2/c10-4-1-5(8-7(12)3-13-14-8)9(15(16)17)6(11)2-4/h1-3H,(H,13,14). The molecule has 0 aliphatic heterocycles. The first-order chi connectivity index (χ1) is 8.00. The molecule has 1 aromatic carbocycles. The van der Waals surface area contributed by atoms with Gasteiger partial charge in [-0.05, 0) is 12.1 Å².